The van der Waals surface area contributed by atoms with E-state index in [1.807, 2.05) is 6.07 Å². The molecule has 1 amide bonds. The van der Waals surface area contributed by atoms with Crippen LogP contribution in [0, 0.1) is 5.82 Å². The number of aryl methyl sites for hydroxylation is 1. The molecule has 27 heavy (non-hydrogen) atoms. The fourth-order valence-electron chi connectivity index (χ4n) is 2.40. The highest BCUT2D eigenvalue weighted by molar-refractivity contribution is 5.95. The lowest BCUT2D eigenvalue weighted by Crippen LogP contribution is -2.30. The average Bonchev–Trinajstić information content (AvgIpc) is 2.66. The number of anilines is 1. The molecule has 6 nitrogen and oxygen atoms in total. The number of hydrogen-bond donors (Lipinski definition) is 1. The molecule has 0 aromatic heterocycles. The van der Waals surface area contributed by atoms with Crippen LogP contribution >= 0.6 is 0 Å². The summed E-state index contributed by atoms with van der Waals surface area (Å²) >= 11 is 0. The Bertz CT molecular complexity index is 809. The van der Waals surface area contributed by atoms with Crippen LogP contribution in [0.2, 0.25) is 0 Å². The standard InChI is InChI=1S/C20H22FNO5/c1-13(20(24)22-16-6-4-5-15(21)12-16)27-19(23)10-8-14-7-9-17(25-2)18(11-14)26-3/h4-7,9,11-13H,8,10H2,1-3H3,(H,22,24)/t13-/m1/s1. The van der Waals surface area contributed by atoms with Gasteiger partial charge in [0.1, 0.15) is 5.82 Å². The van der Waals surface area contributed by atoms with Crippen LogP contribution in [0.25, 0.3) is 0 Å². The van der Waals surface area contributed by atoms with Crippen LogP contribution in [0.3, 0.4) is 0 Å². The summed E-state index contributed by atoms with van der Waals surface area (Å²) in [5.74, 6) is -0.322. The Balaban J connectivity index is 1.85. The first-order valence-corrected chi connectivity index (χ1v) is 8.39. The first-order chi connectivity index (χ1) is 12.9. The summed E-state index contributed by atoms with van der Waals surface area (Å²) in [5.41, 5.74) is 1.18. The van der Waals surface area contributed by atoms with Crippen LogP contribution in [0.4, 0.5) is 10.1 Å². The second kappa shape index (κ2) is 9.56. The zero-order valence-corrected chi connectivity index (χ0v) is 15.5. The molecule has 1 atom stereocenters. The van der Waals surface area contributed by atoms with Crippen molar-refractivity contribution in [2.45, 2.75) is 25.9 Å². The van der Waals surface area contributed by atoms with Gasteiger partial charge >= 0.3 is 5.97 Å². The molecule has 0 fully saturated rings. The maximum atomic E-state index is 13.1. The van der Waals surface area contributed by atoms with Crippen LogP contribution in [0.1, 0.15) is 18.9 Å². The Labute approximate surface area is 157 Å². The zero-order chi connectivity index (χ0) is 19.8. The van der Waals surface area contributed by atoms with E-state index in [9.17, 15) is 14.0 Å². The number of carbonyl (C=O) groups excluding carboxylic acids is 2. The SMILES string of the molecule is COc1ccc(CCC(=O)O[C@H](C)C(=O)Nc2cccc(F)c2)cc1OC. The average molecular weight is 375 g/mol. The molecule has 2 aromatic rings. The van der Waals surface area contributed by atoms with E-state index in [4.69, 9.17) is 14.2 Å². The van der Waals surface area contributed by atoms with Gasteiger partial charge in [0.2, 0.25) is 0 Å². The molecule has 0 spiro atoms. The van der Waals surface area contributed by atoms with E-state index in [0.29, 0.717) is 23.6 Å². The molecule has 0 saturated carbocycles. The topological polar surface area (TPSA) is 73.9 Å². The molecule has 144 valence electrons. The lowest BCUT2D eigenvalue weighted by Gasteiger charge is -2.14. The highest BCUT2D eigenvalue weighted by Gasteiger charge is 2.18. The van der Waals surface area contributed by atoms with Crippen molar-refractivity contribution in [3.05, 3.63) is 53.8 Å². The minimum absolute atomic E-state index is 0.104. The Morgan fingerprint density at radius 2 is 1.81 bits per heavy atom. The first-order valence-electron chi connectivity index (χ1n) is 8.39. The maximum absolute atomic E-state index is 13.1. The number of amides is 1. The highest BCUT2D eigenvalue weighted by Crippen LogP contribution is 2.28. The maximum Gasteiger partial charge on any atom is 0.306 e. The molecule has 0 bridgehead atoms. The number of esters is 1. The van der Waals surface area contributed by atoms with Crippen molar-refractivity contribution in [1.29, 1.82) is 0 Å². The molecule has 1 N–H and O–H groups in total. The van der Waals surface area contributed by atoms with Crippen LogP contribution in [0.15, 0.2) is 42.5 Å². The predicted octanol–water partition coefficient (Wildman–Crippen LogP) is 3.35. The number of nitrogens with one attached hydrogen (secondary N) is 1. The summed E-state index contributed by atoms with van der Waals surface area (Å²) in [6.45, 7) is 1.46. The third-order valence-electron chi connectivity index (χ3n) is 3.84. The molecule has 2 rings (SSSR count). The largest absolute Gasteiger partial charge is 0.493 e. The van der Waals surface area contributed by atoms with Crippen molar-refractivity contribution in [3.63, 3.8) is 0 Å². The van der Waals surface area contributed by atoms with E-state index in [-0.39, 0.29) is 6.42 Å². The van der Waals surface area contributed by atoms with E-state index in [0.717, 1.165) is 5.56 Å². The van der Waals surface area contributed by atoms with E-state index in [1.54, 1.807) is 25.3 Å². The lowest BCUT2D eigenvalue weighted by molar-refractivity contribution is -0.153. The van der Waals surface area contributed by atoms with Gasteiger partial charge in [-0.3, -0.25) is 9.59 Å². The molecule has 0 unspecified atom stereocenters. The molecular formula is C20H22FNO5. The number of halogens is 1. The Morgan fingerprint density at radius 3 is 2.48 bits per heavy atom. The molecule has 0 aliphatic heterocycles. The van der Waals surface area contributed by atoms with Gasteiger partial charge in [-0.25, -0.2) is 4.39 Å². The van der Waals surface area contributed by atoms with E-state index in [1.165, 1.54) is 32.2 Å². The fourth-order valence-corrected chi connectivity index (χ4v) is 2.40. The monoisotopic (exact) mass is 375 g/mol. The minimum Gasteiger partial charge on any atom is -0.493 e. The smallest absolute Gasteiger partial charge is 0.306 e. The van der Waals surface area contributed by atoms with Gasteiger partial charge in [-0.15, -0.1) is 0 Å². The normalized spacial score (nSPS) is 11.4. The van der Waals surface area contributed by atoms with Crippen molar-refractivity contribution in [3.8, 4) is 11.5 Å². The highest BCUT2D eigenvalue weighted by atomic mass is 19.1. The second-order valence-corrected chi connectivity index (χ2v) is 5.82. The summed E-state index contributed by atoms with van der Waals surface area (Å²) in [7, 11) is 3.08. The molecule has 0 heterocycles. The number of hydrogen-bond acceptors (Lipinski definition) is 5. The molecule has 2 aromatic carbocycles. The summed E-state index contributed by atoms with van der Waals surface area (Å²) < 4.78 is 28.7. The van der Waals surface area contributed by atoms with Crippen LogP contribution in [0.5, 0.6) is 11.5 Å². The van der Waals surface area contributed by atoms with Gasteiger partial charge in [0.15, 0.2) is 17.6 Å². The third-order valence-corrected chi connectivity index (χ3v) is 3.84. The van der Waals surface area contributed by atoms with Gasteiger partial charge < -0.3 is 19.5 Å². The lowest BCUT2D eigenvalue weighted by atomic mass is 10.1. The number of methoxy groups -OCH3 is 2. The molecule has 7 heteroatoms. The molecule has 0 radical (unpaired) electrons. The van der Waals surface area contributed by atoms with Gasteiger partial charge in [0.05, 0.1) is 14.2 Å². The van der Waals surface area contributed by atoms with E-state index < -0.39 is 23.8 Å². The number of benzene rings is 2. The van der Waals surface area contributed by atoms with Crippen molar-refractivity contribution < 1.29 is 28.2 Å². The Hall–Kier alpha value is -3.09. The molecular weight excluding hydrogens is 353 g/mol. The van der Waals surface area contributed by atoms with Crippen LogP contribution in [-0.2, 0) is 20.7 Å². The van der Waals surface area contributed by atoms with Crippen molar-refractivity contribution >= 4 is 17.6 Å². The Morgan fingerprint density at radius 1 is 1.07 bits per heavy atom. The van der Waals surface area contributed by atoms with Crippen molar-refractivity contribution in [2.24, 2.45) is 0 Å². The fraction of sp³-hybridized carbons (Fsp3) is 0.300. The minimum atomic E-state index is -0.994. The summed E-state index contributed by atoms with van der Waals surface area (Å²) in [4.78, 5) is 24.0. The summed E-state index contributed by atoms with van der Waals surface area (Å²) in [6, 6.07) is 10.9. The number of carbonyl (C=O) groups is 2. The second-order valence-electron chi connectivity index (χ2n) is 5.82. The van der Waals surface area contributed by atoms with Crippen molar-refractivity contribution in [1.82, 2.24) is 0 Å². The summed E-state index contributed by atoms with van der Waals surface area (Å²) in [5, 5.41) is 2.50. The van der Waals surface area contributed by atoms with Gasteiger partial charge in [-0.05, 0) is 49.2 Å². The van der Waals surface area contributed by atoms with E-state index >= 15 is 0 Å². The number of ether oxygens (including phenoxy) is 3. The van der Waals surface area contributed by atoms with Crippen molar-refractivity contribution in [2.75, 3.05) is 19.5 Å². The van der Waals surface area contributed by atoms with Crippen LogP contribution < -0.4 is 14.8 Å². The van der Waals surface area contributed by atoms with Gasteiger partial charge in [0, 0.05) is 12.1 Å². The Kier molecular flexibility index (Phi) is 7.16. The van der Waals surface area contributed by atoms with E-state index in [2.05, 4.69) is 5.32 Å². The summed E-state index contributed by atoms with van der Waals surface area (Å²) in [6.07, 6.45) is -0.462. The van der Waals surface area contributed by atoms with Gasteiger partial charge in [0.25, 0.3) is 5.91 Å². The van der Waals surface area contributed by atoms with Gasteiger partial charge in [-0.1, -0.05) is 12.1 Å². The predicted molar refractivity (Wildman–Crippen MR) is 98.5 cm³/mol. The van der Waals surface area contributed by atoms with Crippen LogP contribution in [-0.4, -0.2) is 32.2 Å². The molecule has 0 saturated heterocycles. The quantitative estimate of drug-likeness (QED) is 0.717. The zero-order valence-electron chi connectivity index (χ0n) is 15.5. The molecule has 0 aliphatic carbocycles. The number of rotatable bonds is 8. The third kappa shape index (κ3) is 5.99. The van der Waals surface area contributed by atoms with Gasteiger partial charge in [-0.2, -0.15) is 0 Å². The molecule has 0 aliphatic rings. The first kappa shape index (κ1) is 20.2.